The van der Waals surface area contributed by atoms with Crippen molar-refractivity contribution in [1.82, 2.24) is 4.90 Å². The summed E-state index contributed by atoms with van der Waals surface area (Å²) in [5, 5.41) is 9.11. The number of hydrogen-bond acceptors (Lipinski definition) is 3. The molecule has 1 aliphatic rings. The average Bonchev–Trinajstić information content (AvgIpc) is 3.05. The van der Waals surface area contributed by atoms with E-state index >= 15 is 0 Å². The molecule has 1 N–H and O–H groups in total. The van der Waals surface area contributed by atoms with Gasteiger partial charge in [0.15, 0.2) is 0 Å². The number of likely N-dealkylation sites (tertiary alicyclic amines) is 1. The number of hydrogen-bond donors (Lipinski definition) is 1. The highest BCUT2D eigenvalue weighted by molar-refractivity contribution is 7.14. The van der Waals surface area contributed by atoms with Gasteiger partial charge in [0.05, 0.1) is 0 Å². The first-order chi connectivity index (χ1) is 10.9. The van der Waals surface area contributed by atoms with E-state index in [2.05, 4.69) is 11.8 Å². The summed E-state index contributed by atoms with van der Waals surface area (Å²) in [6.07, 6.45) is 1.04. The quantitative estimate of drug-likeness (QED) is 0.908. The van der Waals surface area contributed by atoms with Gasteiger partial charge >= 0.3 is 5.97 Å². The lowest BCUT2D eigenvalue weighted by atomic mass is 9.97. The smallest absolute Gasteiger partial charge is 0.345 e. The first-order valence-corrected chi connectivity index (χ1v) is 8.58. The minimum atomic E-state index is -0.858. The molecule has 2 heterocycles. The third kappa shape index (κ3) is 3.46. The highest BCUT2D eigenvalue weighted by Gasteiger charge is 2.30. The average molecular weight is 333 g/mol. The van der Waals surface area contributed by atoms with Crippen LogP contribution < -0.4 is 0 Å². The number of rotatable bonds is 4. The second-order valence-electron chi connectivity index (χ2n) is 6.26. The van der Waals surface area contributed by atoms with Crippen LogP contribution >= 0.6 is 11.3 Å². The van der Waals surface area contributed by atoms with Crippen LogP contribution in [0.5, 0.6) is 0 Å². The molecule has 1 aromatic heterocycles. The highest BCUT2D eigenvalue weighted by atomic mass is 32.1. The molecule has 1 aliphatic heterocycles. The second kappa shape index (κ2) is 6.42. The van der Waals surface area contributed by atoms with Gasteiger partial charge in [-0.05, 0) is 55.5 Å². The summed E-state index contributed by atoms with van der Waals surface area (Å²) in [6, 6.07) is 9.00. The van der Waals surface area contributed by atoms with Crippen molar-refractivity contribution in [2.24, 2.45) is 0 Å². The van der Waals surface area contributed by atoms with E-state index in [0.717, 1.165) is 30.0 Å². The van der Waals surface area contributed by atoms with E-state index in [1.54, 1.807) is 6.07 Å². The van der Waals surface area contributed by atoms with Gasteiger partial charge in [-0.15, -0.1) is 11.3 Å². The summed E-state index contributed by atoms with van der Waals surface area (Å²) in [5.41, 5.74) is 2.27. The lowest BCUT2D eigenvalue weighted by Crippen LogP contribution is -2.26. The Balaban J connectivity index is 1.72. The normalized spacial score (nSPS) is 21.7. The summed E-state index contributed by atoms with van der Waals surface area (Å²) in [5.74, 6) is -0.654. The van der Waals surface area contributed by atoms with Crippen LogP contribution in [0, 0.1) is 12.7 Å². The Labute approximate surface area is 139 Å². The van der Waals surface area contributed by atoms with Crippen LogP contribution in [0.1, 0.15) is 44.9 Å². The van der Waals surface area contributed by atoms with Crippen molar-refractivity contribution in [3.8, 4) is 0 Å². The lowest BCUT2D eigenvalue weighted by Gasteiger charge is -2.20. The van der Waals surface area contributed by atoms with E-state index in [1.165, 1.54) is 29.0 Å². The first-order valence-electron chi connectivity index (χ1n) is 7.76. The summed E-state index contributed by atoms with van der Waals surface area (Å²) in [4.78, 5) is 15.0. The summed E-state index contributed by atoms with van der Waals surface area (Å²) in [6.45, 7) is 5.87. The number of aromatic carboxylic acids is 1. The Bertz CT molecular complexity index is 710. The molecule has 0 unspecified atom stereocenters. The first kappa shape index (κ1) is 16.1. The van der Waals surface area contributed by atoms with E-state index in [0.29, 0.717) is 16.8 Å². The molecule has 2 atom stereocenters. The van der Waals surface area contributed by atoms with Gasteiger partial charge in [0.2, 0.25) is 0 Å². The van der Waals surface area contributed by atoms with Gasteiger partial charge in [-0.1, -0.05) is 12.1 Å². The molecule has 5 heteroatoms. The lowest BCUT2D eigenvalue weighted by molar-refractivity contribution is 0.0702. The number of halogens is 1. The molecular weight excluding hydrogens is 313 g/mol. The monoisotopic (exact) mass is 333 g/mol. The maximum atomic E-state index is 13.1. The van der Waals surface area contributed by atoms with Crippen LogP contribution in [0.25, 0.3) is 0 Å². The van der Waals surface area contributed by atoms with Gasteiger partial charge in [-0.3, -0.25) is 4.90 Å². The van der Waals surface area contributed by atoms with Gasteiger partial charge in [0.25, 0.3) is 0 Å². The highest BCUT2D eigenvalue weighted by Crippen LogP contribution is 2.34. The van der Waals surface area contributed by atoms with Crippen molar-refractivity contribution in [2.45, 2.75) is 38.8 Å². The fourth-order valence-electron chi connectivity index (χ4n) is 3.30. The van der Waals surface area contributed by atoms with Crippen LogP contribution in [-0.2, 0) is 6.54 Å². The van der Waals surface area contributed by atoms with Crippen molar-refractivity contribution in [3.05, 3.63) is 57.0 Å². The van der Waals surface area contributed by atoms with Gasteiger partial charge < -0.3 is 5.11 Å². The van der Waals surface area contributed by atoms with Crippen LogP contribution in [0.2, 0.25) is 0 Å². The summed E-state index contributed by atoms with van der Waals surface area (Å²) < 4.78 is 13.1. The third-order valence-corrected chi connectivity index (χ3v) is 5.73. The number of carboxylic acids is 1. The molecule has 3 nitrogen and oxygen atoms in total. The second-order valence-corrected chi connectivity index (χ2v) is 7.52. The topological polar surface area (TPSA) is 40.5 Å². The van der Waals surface area contributed by atoms with E-state index < -0.39 is 5.97 Å². The van der Waals surface area contributed by atoms with Gasteiger partial charge in [0.1, 0.15) is 10.7 Å². The molecule has 3 rings (SSSR count). The van der Waals surface area contributed by atoms with E-state index in [9.17, 15) is 9.18 Å². The van der Waals surface area contributed by atoms with Gasteiger partial charge in [-0.25, -0.2) is 9.18 Å². The molecule has 122 valence electrons. The van der Waals surface area contributed by atoms with Crippen LogP contribution in [0.3, 0.4) is 0 Å². The largest absolute Gasteiger partial charge is 0.477 e. The maximum Gasteiger partial charge on any atom is 0.345 e. The molecule has 1 saturated heterocycles. The van der Waals surface area contributed by atoms with E-state index in [1.807, 2.05) is 19.1 Å². The number of aryl methyl sites for hydroxylation is 1. The standard InChI is InChI=1S/C18H20FNO2S/c1-11-7-15(13-3-5-16(19)6-4-13)10-20(11)9-14-8-17(18(21)22)23-12(14)2/h3-6,8,11,15H,7,9-10H2,1-2H3,(H,21,22)/t11-,15+/m0/s1. The summed E-state index contributed by atoms with van der Waals surface area (Å²) in [7, 11) is 0. The summed E-state index contributed by atoms with van der Waals surface area (Å²) >= 11 is 1.34. The Kier molecular flexibility index (Phi) is 4.50. The van der Waals surface area contributed by atoms with E-state index in [4.69, 9.17) is 5.11 Å². The molecule has 0 radical (unpaired) electrons. The van der Waals surface area contributed by atoms with Crippen molar-refractivity contribution in [1.29, 1.82) is 0 Å². The van der Waals surface area contributed by atoms with Crippen LogP contribution in [-0.4, -0.2) is 28.6 Å². The predicted molar refractivity (Wildman–Crippen MR) is 89.6 cm³/mol. The molecule has 1 aromatic carbocycles. The zero-order valence-electron chi connectivity index (χ0n) is 13.3. The van der Waals surface area contributed by atoms with Crippen molar-refractivity contribution >= 4 is 17.3 Å². The zero-order valence-corrected chi connectivity index (χ0v) is 14.1. The minimum Gasteiger partial charge on any atom is -0.477 e. The fraction of sp³-hybridized carbons (Fsp3) is 0.389. The number of benzene rings is 1. The molecule has 23 heavy (non-hydrogen) atoms. The molecule has 0 saturated carbocycles. The third-order valence-electron chi connectivity index (χ3n) is 4.65. The van der Waals surface area contributed by atoms with Crippen molar-refractivity contribution < 1.29 is 14.3 Å². The molecular formula is C18H20FNO2S. The van der Waals surface area contributed by atoms with Crippen LogP contribution in [0.4, 0.5) is 4.39 Å². The molecule has 0 bridgehead atoms. The molecule has 2 aromatic rings. The van der Waals surface area contributed by atoms with Crippen molar-refractivity contribution in [3.63, 3.8) is 0 Å². The number of carboxylic acid groups (broad SMARTS) is 1. The Hall–Kier alpha value is -1.72. The number of thiophene rings is 1. The maximum absolute atomic E-state index is 13.1. The SMILES string of the molecule is Cc1sc(C(=O)O)cc1CN1C[C@H](c2ccc(F)cc2)C[C@@H]1C. The predicted octanol–water partition coefficient (Wildman–Crippen LogP) is 4.27. The fourth-order valence-corrected chi connectivity index (χ4v) is 4.17. The van der Waals surface area contributed by atoms with Crippen LogP contribution in [0.15, 0.2) is 30.3 Å². The van der Waals surface area contributed by atoms with Gasteiger partial charge in [0, 0.05) is 24.0 Å². The van der Waals surface area contributed by atoms with Crippen molar-refractivity contribution in [2.75, 3.05) is 6.54 Å². The zero-order chi connectivity index (χ0) is 16.6. The van der Waals surface area contributed by atoms with E-state index in [-0.39, 0.29) is 5.82 Å². The Morgan fingerprint density at radius 3 is 2.70 bits per heavy atom. The number of carbonyl (C=O) groups is 1. The van der Waals surface area contributed by atoms with Gasteiger partial charge in [-0.2, -0.15) is 0 Å². The minimum absolute atomic E-state index is 0.202. The molecule has 0 spiro atoms. The molecule has 1 fully saturated rings. The molecule has 0 aliphatic carbocycles. The Morgan fingerprint density at radius 1 is 1.39 bits per heavy atom. The molecule has 0 amide bonds. The Morgan fingerprint density at radius 2 is 2.09 bits per heavy atom. The number of nitrogens with zero attached hydrogens (tertiary/aromatic N) is 1.